The lowest BCUT2D eigenvalue weighted by atomic mass is 9.92. The maximum absolute atomic E-state index is 13.8. The van der Waals surface area contributed by atoms with Gasteiger partial charge in [-0.15, -0.1) is 6.42 Å². The van der Waals surface area contributed by atoms with Crippen molar-refractivity contribution in [1.82, 2.24) is 5.01 Å². The van der Waals surface area contributed by atoms with E-state index in [1.54, 1.807) is 11.1 Å². The van der Waals surface area contributed by atoms with Crippen LogP contribution >= 0.6 is 0 Å². The molecule has 0 amide bonds. The van der Waals surface area contributed by atoms with Crippen LogP contribution in [0.5, 0.6) is 0 Å². The Morgan fingerprint density at radius 1 is 1.23 bits per heavy atom. The Balaban J connectivity index is 0.000000487. The molecule has 0 spiro atoms. The number of Topliss-reactive ketones (excluding diaryl/α,β-unsaturated/α-hetero) is 1. The zero-order valence-corrected chi connectivity index (χ0v) is 15.1. The van der Waals surface area contributed by atoms with E-state index in [0.717, 1.165) is 19.2 Å². The monoisotopic (exact) mass is 359 g/mol. The van der Waals surface area contributed by atoms with Gasteiger partial charge in [-0.3, -0.25) is 10.6 Å². The summed E-state index contributed by atoms with van der Waals surface area (Å²) >= 11 is 0. The number of rotatable bonds is 4. The Morgan fingerprint density at radius 2 is 1.85 bits per heavy atom. The van der Waals surface area contributed by atoms with Gasteiger partial charge in [-0.1, -0.05) is 31.9 Å². The van der Waals surface area contributed by atoms with Crippen LogP contribution in [0.25, 0.3) is 11.1 Å². The molecule has 0 aliphatic heterocycles. The maximum Gasteiger partial charge on any atom is 0.160 e. The van der Waals surface area contributed by atoms with Gasteiger partial charge in [0.05, 0.1) is 11.3 Å². The van der Waals surface area contributed by atoms with Crippen molar-refractivity contribution in [2.45, 2.75) is 20.8 Å². The molecule has 4 N–H and O–H groups in total. The van der Waals surface area contributed by atoms with Crippen LogP contribution < -0.4 is 11.6 Å². The second-order valence-corrected chi connectivity index (χ2v) is 5.50. The van der Waals surface area contributed by atoms with Gasteiger partial charge >= 0.3 is 0 Å². The maximum atomic E-state index is 13.8. The van der Waals surface area contributed by atoms with E-state index < -0.39 is 11.6 Å². The summed E-state index contributed by atoms with van der Waals surface area (Å²) in [6.45, 7) is 7.23. The molecule has 0 radical (unpaired) electrons. The number of terminal acetylenes is 1. The van der Waals surface area contributed by atoms with E-state index in [1.807, 2.05) is 13.8 Å². The van der Waals surface area contributed by atoms with Crippen molar-refractivity contribution in [3.8, 4) is 23.5 Å². The molecule has 2 aromatic carbocycles. The van der Waals surface area contributed by atoms with E-state index in [-0.39, 0.29) is 28.2 Å². The lowest BCUT2D eigenvalue weighted by molar-refractivity contribution is 0.101. The van der Waals surface area contributed by atoms with Gasteiger partial charge in [-0.25, -0.2) is 13.8 Å². The summed E-state index contributed by atoms with van der Waals surface area (Å²) in [5.41, 5.74) is 6.40. The molecule has 4 nitrogen and oxygen atoms in total. The first kappa shape index (κ1) is 21.3. The van der Waals surface area contributed by atoms with Crippen molar-refractivity contribution in [3.05, 3.63) is 53.1 Å². The Bertz CT molecular complexity index is 825. The summed E-state index contributed by atoms with van der Waals surface area (Å²) in [5.74, 6) is 5.85. The minimum atomic E-state index is -0.740. The van der Waals surface area contributed by atoms with Crippen LogP contribution in [-0.2, 0) is 0 Å². The molecule has 138 valence electrons. The van der Waals surface area contributed by atoms with E-state index in [4.69, 9.17) is 18.0 Å². The molecule has 0 aliphatic rings. The van der Waals surface area contributed by atoms with Crippen molar-refractivity contribution < 1.29 is 13.6 Å². The smallest absolute Gasteiger partial charge is 0.160 e. The van der Waals surface area contributed by atoms with Gasteiger partial charge in [0, 0.05) is 24.2 Å². The van der Waals surface area contributed by atoms with Gasteiger partial charge in [0.2, 0.25) is 0 Å². The number of ketones is 1. The zero-order chi connectivity index (χ0) is 19.9. The zero-order valence-electron chi connectivity index (χ0n) is 15.1. The van der Waals surface area contributed by atoms with Crippen LogP contribution in [-0.4, -0.2) is 23.9 Å². The first-order chi connectivity index (χ1) is 12.3. The summed E-state index contributed by atoms with van der Waals surface area (Å²) in [5, 5.41) is 1.75. The standard InChI is InChI=1S/C16H11F2NO.C4H12N2/c1-3-12-14(18)8-13(9(2)20)15(16(12)19)10-5-4-6-11(17)7-10;1-3-6(5)4-2/h1,4-8H,19H2,2H3;3-5H2,1-2H3. The molecule has 0 aliphatic carbocycles. The SMILES string of the molecule is C#Cc1c(F)cc(C(C)=O)c(-c2cccc(F)c2)c1N.CCN(N)CC. The van der Waals surface area contributed by atoms with Crippen LogP contribution in [0.15, 0.2) is 30.3 Å². The molecular weight excluding hydrogens is 336 g/mol. The molecule has 2 rings (SSSR count). The van der Waals surface area contributed by atoms with Crippen LogP contribution in [0.4, 0.5) is 14.5 Å². The number of hydrogen-bond acceptors (Lipinski definition) is 4. The number of nitrogen functional groups attached to an aromatic ring is 1. The number of carbonyl (C=O) groups excluding carboxylic acids is 1. The molecule has 0 saturated heterocycles. The van der Waals surface area contributed by atoms with Gasteiger partial charge < -0.3 is 5.73 Å². The van der Waals surface area contributed by atoms with E-state index in [1.165, 1.54) is 25.1 Å². The molecule has 0 unspecified atom stereocenters. The third-order valence-electron chi connectivity index (χ3n) is 3.77. The van der Waals surface area contributed by atoms with Gasteiger partial charge in [-0.05, 0) is 30.7 Å². The largest absolute Gasteiger partial charge is 0.397 e. The minimum absolute atomic E-state index is 0.0386. The highest BCUT2D eigenvalue weighted by molar-refractivity contribution is 6.04. The average molecular weight is 359 g/mol. The molecule has 0 aromatic heterocycles. The van der Waals surface area contributed by atoms with Crippen molar-refractivity contribution in [2.75, 3.05) is 18.8 Å². The topological polar surface area (TPSA) is 72.4 Å². The van der Waals surface area contributed by atoms with E-state index in [2.05, 4.69) is 5.92 Å². The molecule has 0 atom stereocenters. The van der Waals surface area contributed by atoms with Crippen molar-refractivity contribution in [3.63, 3.8) is 0 Å². The average Bonchev–Trinajstić information content (AvgIpc) is 2.61. The molecule has 0 fully saturated rings. The number of hydrazine groups is 1. The first-order valence-corrected chi connectivity index (χ1v) is 8.11. The predicted molar refractivity (Wildman–Crippen MR) is 101 cm³/mol. The van der Waals surface area contributed by atoms with Crippen molar-refractivity contribution >= 4 is 11.5 Å². The highest BCUT2D eigenvalue weighted by Gasteiger charge is 2.19. The second kappa shape index (κ2) is 9.66. The molecule has 6 heteroatoms. The highest BCUT2D eigenvalue weighted by atomic mass is 19.1. The van der Waals surface area contributed by atoms with Crippen molar-refractivity contribution in [2.24, 2.45) is 5.84 Å². The van der Waals surface area contributed by atoms with Crippen molar-refractivity contribution in [1.29, 1.82) is 0 Å². The Hall–Kier alpha value is -2.75. The normalized spacial score (nSPS) is 10.1. The summed E-state index contributed by atoms with van der Waals surface area (Å²) in [6, 6.07) is 6.58. The molecule has 0 bridgehead atoms. The number of nitrogens with zero attached hydrogens (tertiary/aromatic N) is 1. The molecule has 0 heterocycles. The number of benzene rings is 2. The fourth-order valence-electron chi connectivity index (χ4n) is 2.27. The lowest BCUT2D eigenvalue weighted by Crippen LogP contribution is -2.29. The van der Waals surface area contributed by atoms with Crippen LogP contribution in [0.2, 0.25) is 0 Å². The molecular formula is C20H23F2N3O. The Labute approximate surface area is 152 Å². The molecule has 26 heavy (non-hydrogen) atoms. The van der Waals surface area contributed by atoms with Crippen LogP contribution in [0.3, 0.4) is 0 Å². The fourth-order valence-corrected chi connectivity index (χ4v) is 2.27. The number of hydrogen-bond donors (Lipinski definition) is 2. The molecule has 2 aromatic rings. The number of carbonyl (C=O) groups is 1. The minimum Gasteiger partial charge on any atom is -0.397 e. The quantitative estimate of drug-likeness (QED) is 0.288. The van der Waals surface area contributed by atoms with E-state index in [9.17, 15) is 13.6 Å². The van der Waals surface area contributed by atoms with E-state index in [0.29, 0.717) is 5.56 Å². The van der Waals surface area contributed by atoms with Gasteiger partial charge in [0.15, 0.2) is 5.78 Å². The lowest BCUT2D eigenvalue weighted by Gasteiger charge is -2.13. The van der Waals surface area contributed by atoms with Gasteiger partial charge in [0.1, 0.15) is 11.6 Å². The van der Waals surface area contributed by atoms with Gasteiger partial charge in [0.25, 0.3) is 0 Å². The Morgan fingerprint density at radius 3 is 2.27 bits per heavy atom. The third kappa shape index (κ3) is 5.12. The summed E-state index contributed by atoms with van der Waals surface area (Å²) in [7, 11) is 0. The second-order valence-electron chi connectivity index (χ2n) is 5.50. The van der Waals surface area contributed by atoms with E-state index >= 15 is 0 Å². The molecule has 0 saturated carbocycles. The number of halogens is 2. The summed E-state index contributed by atoms with van der Waals surface area (Å²) < 4.78 is 27.1. The third-order valence-corrected chi connectivity index (χ3v) is 3.77. The summed E-state index contributed by atoms with van der Waals surface area (Å²) in [4.78, 5) is 11.7. The van der Waals surface area contributed by atoms with Crippen LogP contribution in [0, 0.1) is 24.0 Å². The van der Waals surface area contributed by atoms with Crippen LogP contribution in [0.1, 0.15) is 36.7 Å². The number of anilines is 1. The van der Waals surface area contributed by atoms with Gasteiger partial charge in [-0.2, -0.15) is 0 Å². The number of nitrogens with two attached hydrogens (primary N) is 2. The predicted octanol–water partition coefficient (Wildman–Crippen LogP) is 3.60. The highest BCUT2D eigenvalue weighted by Crippen LogP contribution is 2.34. The fraction of sp³-hybridized carbons (Fsp3) is 0.250. The first-order valence-electron chi connectivity index (χ1n) is 8.11. The summed E-state index contributed by atoms with van der Waals surface area (Å²) in [6.07, 6.45) is 5.23. The Kier molecular flexibility index (Phi) is 7.91.